The quantitative estimate of drug-likeness (QED) is 0.448. The maximum absolute atomic E-state index is 10.1. The Morgan fingerprint density at radius 2 is 2.62 bits per heavy atom. The van der Waals surface area contributed by atoms with Crippen LogP contribution in [0, 0.1) is 0 Å². The van der Waals surface area contributed by atoms with E-state index in [2.05, 4.69) is 9.73 Å². The second-order valence-electron chi connectivity index (χ2n) is 1.36. The second kappa shape index (κ2) is 1.81. The van der Waals surface area contributed by atoms with Crippen molar-refractivity contribution in [3.63, 3.8) is 0 Å². The molecule has 1 N–H and O–H groups in total. The Kier molecular flexibility index (Phi) is 1.15. The number of rotatable bonds is 1. The summed E-state index contributed by atoms with van der Waals surface area (Å²) in [4.78, 5) is 13.6. The number of hydrogen-bond donors (Lipinski definition) is 0. The van der Waals surface area contributed by atoms with Gasteiger partial charge in [0.25, 0.3) is 5.90 Å². The monoisotopic (exact) mass is 113 g/mol. The molecule has 0 aliphatic carbocycles. The molecule has 0 aromatic carbocycles. The molecular formula is C4H5N2O2. The van der Waals surface area contributed by atoms with E-state index in [9.17, 15) is 4.79 Å². The number of carbonyl (C=O) groups excluding carboxylic acids is 1. The lowest BCUT2D eigenvalue weighted by Gasteiger charge is -1.89. The molecule has 0 aromatic rings. The molecule has 0 unspecified atom stereocenters. The van der Waals surface area contributed by atoms with E-state index >= 15 is 0 Å². The Morgan fingerprint density at radius 3 is 2.88 bits per heavy atom. The molecule has 1 rings (SSSR count). The van der Waals surface area contributed by atoms with Crippen LogP contribution in [-0.4, -0.2) is 25.0 Å². The summed E-state index contributed by atoms with van der Waals surface area (Å²) in [6.45, 7) is 0.958. The van der Waals surface area contributed by atoms with Crippen molar-refractivity contribution in [3.8, 4) is 0 Å². The van der Waals surface area contributed by atoms with Crippen LogP contribution in [0.1, 0.15) is 0 Å². The van der Waals surface area contributed by atoms with Crippen molar-refractivity contribution < 1.29 is 9.53 Å². The molecule has 0 spiro atoms. The van der Waals surface area contributed by atoms with Crippen LogP contribution in [0.3, 0.4) is 0 Å². The average Bonchev–Trinajstić information content (AvgIpc) is 2.12. The van der Waals surface area contributed by atoms with Crippen molar-refractivity contribution in [1.29, 1.82) is 0 Å². The van der Waals surface area contributed by atoms with Crippen LogP contribution < -0.4 is 5.73 Å². The first-order valence-electron chi connectivity index (χ1n) is 2.24. The molecule has 1 aliphatic rings. The van der Waals surface area contributed by atoms with Gasteiger partial charge in [0.15, 0.2) is 0 Å². The van der Waals surface area contributed by atoms with Gasteiger partial charge in [0.05, 0.1) is 6.54 Å². The Balaban J connectivity index is 2.57. The summed E-state index contributed by atoms with van der Waals surface area (Å²) in [6, 6.07) is 0. The zero-order chi connectivity index (χ0) is 5.98. The summed E-state index contributed by atoms with van der Waals surface area (Å²) in [6.07, 6.45) is 0. The summed E-state index contributed by atoms with van der Waals surface area (Å²) in [5, 5.41) is 0. The van der Waals surface area contributed by atoms with Gasteiger partial charge >= 0.3 is 5.91 Å². The molecule has 4 heteroatoms. The predicted octanol–water partition coefficient (Wildman–Crippen LogP) is -0.775. The van der Waals surface area contributed by atoms with Crippen LogP contribution in [0.2, 0.25) is 0 Å². The molecule has 0 aromatic heterocycles. The Bertz CT molecular complexity index is 141. The van der Waals surface area contributed by atoms with Gasteiger partial charge in [-0.15, -0.1) is 0 Å². The third-order valence-electron chi connectivity index (χ3n) is 0.780. The van der Waals surface area contributed by atoms with Crippen molar-refractivity contribution in [3.05, 3.63) is 0 Å². The van der Waals surface area contributed by atoms with E-state index in [1.54, 1.807) is 0 Å². The minimum atomic E-state index is -0.831. The molecular weight excluding hydrogens is 108 g/mol. The predicted molar refractivity (Wildman–Crippen MR) is 26.4 cm³/mol. The second-order valence-corrected chi connectivity index (χ2v) is 1.36. The van der Waals surface area contributed by atoms with Crippen LogP contribution >= 0.6 is 0 Å². The minimum absolute atomic E-state index is 0.0509. The summed E-state index contributed by atoms with van der Waals surface area (Å²) in [7, 11) is 0. The van der Waals surface area contributed by atoms with Crippen molar-refractivity contribution >= 4 is 11.8 Å². The SMILES string of the molecule is [NH]C(=O)C1=NCCO1. The van der Waals surface area contributed by atoms with Gasteiger partial charge in [-0.3, -0.25) is 10.5 Å². The summed E-state index contributed by atoms with van der Waals surface area (Å²) in [5.74, 6) is -0.882. The molecule has 8 heavy (non-hydrogen) atoms. The number of nitrogens with zero attached hydrogens (tertiary/aromatic N) is 1. The van der Waals surface area contributed by atoms with Crippen LogP contribution in [0.25, 0.3) is 0 Å². The first kappa shape index (κ1) is 5.08. The highest BCUT2D eigenvalue weighted by Crippen LogP contribution is 1.91. The van der Waals surface area contributed by atoms with Crippen molar-refractivity contribution in [2.24, 2.45) is 4.99 Å². The third kappa shape index (κ3) is 0.776. The van der Waals surface area contributed by atoms with Gasteiger partial charge in [-0.25, -0.2) is 4.99 Å². The van der Waals surface area contributed by atoms with Gasteiger partial charge in [-0.2, -0.15) is 0 Å². The lowest BCUT2D eigenvalue weighted by atomic mass is 10.6. The maximum Gasteiger partial charge on any atom is 0.324 e. The van der Waals surface area contributed by atoms with E-state index in [1.165, 1.54) is 0 Å². The molecule has 43 valence electrons. The number of ether oxygens (including phenoxy) is 1. The van der Waals surface area contributed by atoms with E-state index in [1.807, 2.05) is 0 Å². The first-order chi connectivity index (χ1) is 3.80. The molecule has 4 nitrogen and oxygen atoms in total. The standard InChI is InChI=1S/C4H5N2O2/c5-3(7)4-6-1-2-8-4/h5H,1-2H2. The molecule has 0 saturated heterocycles. The topological polar surface area (TPSA) is 62.5 Å². The molecule has 0 atom stereocenters. The van der Waals surface area contributed by atoms with Crippen molar-refractivity contribution in [2.75, 3.05) is 13.2 Å². The zero-order valence-corrected chi connectivity index (χ0v) is 4.18. The lowest BCUT2D eigenvalue weighted by Crippen LogP contribution is -2.14. The highest BCUT2D eigenvalue weighted by molar-refractivity contribution is 6.34. The van der Waals surface area contributed by atoms with Crippen molar-refractivity contribution in [1.82, 2.24) is 5.73 Å². The molecule has 0 saturated carbocycles. The Morgan fingerprint density at radius 1 is 1.88 bits per heavy atom. The lowest BCUT2D eigenvalue weighted by molar-refractivity contribution is -0.113. The zero-order valence-electron chi connectivity index (χ0n) is 4.18. The van der Waals surface area contributed by atoms with Crippen LogP contribution in [0.15, 0.2) is 4.99 Å². The fourth-order valence-corrected chi connectivity index (χ4v) is 0.473. The van der Waals surface area contributed by atoms with Gasteiger partial charge in [0, 0.05) is 0 Å². The molecule has 1 heterocycles. The van der Waals surface area contributed by atoms with E-state index in [4.69, 9.17) is 5.73 Å². The Hall–Kier alpha value is -1.06. The number of hydrogen-bond acceptors (Lipinski definition) is 3. The van der Waals surface area contributed by atoms with Crippen LogP contribution in [0.5, 0.6) is 0 Å². The molecule has 1 amide bonds. The molecule has 1 radical (unpaired) electrons. The normalized spacial score (nSPS) is 17.2. The number of amides is 1. The smallest absolute Gasteiger partial charge is 0.324 e. The summed E-state index contributed by atoms with van der Waals surface area (Å²) < 4.78 is 4.63. The molecule has 1 aliphatic heterocycles. The molecule has 0 fully saturated rings. The van der Waals surface area contributed by atoms with Crippen LogP contribution in [0.4, 0.5) is 0 Å². The fourth-order valence-electron chi connectivity index (χ4n) is 0.473. The molecule has 0 bridgehead atoms. The van der Waals surface area contributed by atoms with Gasteiger partial charge in [0.2, 0.25) is 0 Å². The average molecular weight is 113 g/mol. The highest BCUT2D eigenvalue weighted by Gasteiger charge is 2.12. The van der Waals surface area contributed by atoms with Gasteiger partial charge in [0.1, 0.15) is 6.61 Å². The minimum Gasteiger partial charge on any atom is -0.472 e. The number of nitrogens with one attached hydrogen (secondary N) is 1. The fraction of sp³-hybridized carbons (Fsp3) is 0.500. The third-order valence-corrected chi connectivity index (χ3v) is 0.780. The van der Waals surface area contributed by atoms with Crippen molar-refractivity contribution in [2.45, 2.75) is 0 Å². The van der Waals surface area contributed by atoms with E-state index in [-0.39, 0.29) is 5.90 Å². The number of carbonyl (C=O) groups is 1. The van der Waals surface area contributed by atoms with E-state index < -0.39 is 5.91 Å². The maximum atomic E-state index is 10.1. The van der Waals surface area contributed by atoms with E-state index in [0.29, 0.717) is 13.2 Å². The number of aliphatic imine (C=N–C) groups is 1. The Labute approximate surface area is 46.3 Å². The summed E-state index contributed by atoms with van der Waals surface area (Å²) >= 11 is 0. The highest BCUT2D eigenvalue weighted by atomic mass is 16.5. The van der Waals surface area contributed by atoms with Gasteiger partial charge < -0.3 is 4.74 Å². The van der Waals surface area contributed by atoms with Crippen LogP contribution in [-0.2, 0) is 9.53 Å². The first-order valence-corrected chi connectivity index (χ1v) is 2.24. The summed E-state index contributed by atoms with van der Waals surface area (Å²) in [5.41, 5.74) is 6.48. The van der Waals surface area contributed by atoms with Gasteiger partial charge in [-0.1, -0.05) is 0 Å². The largest absolute Gasteiger partial charge is 0.472 e. The van der Waals surface area contributed by atoms with E-state index in [0.717, 1.165) is 0 Å². The van der Waals surface area contributed by atoms with Gasteiger partial charge in [-0.05, 0) is 0 Å².